The topological polar surface area (TPSA) is 55.3 Å². The Kier molecular flexibility index (Phi) is 5.04. The molecule has 0 unspecified atom stereocenters. The second-order valence-corrected chi connectivity index (χ2v) is 9.01. The zero-order valence-electron chi connectivity index (χ0n) is 17.9. The first-order valence-electron chi connectivity index (χ1n) is 10.8. The second kappa shape index (κ2) is 8.35. The molecule has 6 rings (SSSR count). The number of thiazole rings is 1. The van der Waals surface area contributed by atoms with Crippen LogP contribution in [0, 0.1) is 5.82 Å². The molecule has 1 amide bonds. The summed E-state index contributed by atoms with van der Waals surface area (Å²) in [5, 5.41) is 0.510. The van der Waals surface area contributed by atoms with E-state index in [-0.39, 0.29) is 18.3 Å². The fraction of sp³-hybridized carbons (Fsp3) is 0.0741. The molecule has 34 heavy (non-hydrogen) atoms. The van der Waals surface area contributed by atoms with Gasteiger partial charge >= 0.3 is 0 Å². The maximum atomic E-state index is 14.3. The largest absolute Gasteiger partial charge is 0.457 e. The number of aromatic nitrogens is 2. The minimum absolute atomic E-state index is 0.133. The van der Waals surface area contributed by atoms with Crippen molar-refractivity contribution in [1.29, 1.82) is 0 Å². The zero-order chi connectivity index (χ0) is 23.1. The standard InChI is InChI=1S/C27H18FN3O2S/c28-18-11-12-21-24(14-18)34-27(30-21)31(16-17-6-5-13-29-15-17)26(32)25-19-7-1-3-9-22(19)33-23-10-4-2-8-20(23)25/h1-15,25H,16H2. The van der Waals surface area contributed by atoms with E-state index in [4.69, 9.17) is 4.74 Å². The Morgan fingerprint density at radius 1 is 0.971 bits per heavy atom. The Bertz CT molecular complexity index is 1470. The van der Waals surface area contributed by atoms with Crippen LogP contribution >= 0.6 is 11.3 Å². The Morgan fingerprint density at radius 2 is 1.71 bits per heavy atom. The van der Waals surface area contributed by atoms with E-state index in [9.17, 15) is 9.18 Å². The summed E-state index contributed by atoms with van der Waals surface area (Å²) in [5.74, 6) is 0.285. The fourth-order valence-electron chi connectivity index (χ4n) is 4.25. The van der Waals surface area contributed by atoms with Crippen LogP contribution in [0.2, 0.25) is 0 Å². The highest BCUT2D eigenvalue weighted by molar-refractivity contribution is 7.22. The van der Waals surface area contributed by atoms with E-state index in [0.717, 1.165) is 16.7 Å². The molecule has 1 aliphatic rings. The Morgan fingerprint density at radius 3 is 2.41 bits per heavy atom. The first kappa shape index (κ1) is 20.5. The molecule has 0 spiro atoms. The predicted molar refractivity (Wildman–Crippen MR) is 130 cm³/mol. The number of hydrogen-bond acceptors (Lipinski definition) is 5. The Hall–Kier alpha value is -4.10. The molecule has 166 valence electrons. The van der Waals surface area contributed by atoms with Crippen molar-refractivity contribution in [3.63, 3.8) is 0 Å². The lowest BCUT2D eigenvalue weighted by Gasteiger charge is -2.31. The molecule has 5 aromatic rings. The molecule has 0 fully saturated rings. The summed E-state index contributed by atoms with van der Waals surface area (Å²) in [6, 6.07) is 23.4. The van der Waals surface area contributed by atoms with Crippen LogP contribution < -0.4 is 9.64 Å². The van der Waals surface area contributed by atoms with Crippen molar-refractivity contribution in [2.45, 2.75) is 12.5 Å². The number of fused-ring (bicyclic) bond motifs is 3. The van der Waals surface area contributed by atoms with Crippen molar-refractivity contribution in [1.82, 2.24) is 9.97 Å². The molecule has 0 aliphatic carbocycles. The number of para-hydroxylation sites is 2. The van der Waals surface area contributed by atoms with Gasteiger partial charge in [0.15, 0.2) is 5.13 Å². The van der Waals surface area contributed by atoms with E-state index in [1.165, 1.54) is 23.5 Å². The monoisotopic (exact) mass is 467 g/mol. The molecule has 0 saturated carbocycles. The van der Waals surface area contributed by atoms with Gasteiger partial charge in [0.2, 0.25) is 5.91 Å². The number of carbonyl (C=O) groups is 1. The highest BCUT2D eigenvalue weighted by atomic mass is 32.1. The van der Waals surface area contributed by atoms with Crippen LogP contribution in [-0.4, -0.2) is 15.9 Å². The van der Waals surface area contributed by atoms with Crippen molar-refractivity contribution in [3.05, 3.63) is 114 Å². The van der Waals surface area contributed by atoms with E-state index in [1.54, 1.807) is 23.4 Å². The lowest BCUT2D eigenvalue weighted by atomic mass is 9.87. The molecule has 3 aromatic carbocycles. The fourth-order valence-corrected chi connectivity index (χ4v) is 5.24. The molecule has 0 bridgehead atoms. The van der Waals surface area contributed by atoms with Crippen LogP contribution in [-0.2, 0) is 11.3 Å². The summed E-state index contributed by atoms with van der Waals surface area (Å²) in [6.07, 6.45) is 3.43. The molecule has 5 nitrogen and oxygen atoms in total. The molecule has 0 atom stereocenters. The third-order valence-electron chi connectivity index (χ3n) is 5.83. The van der Waals surface area contributed by atoms with Gasteiger partial charge < -0.3 is 4.74 Å². The van der Waals surface area contributed by atoms with Crippen LogP contribution in [0.25, 0.3) is 10.2 Å². The smallest absolute Gasteiger partial charge is 0.241 e. The predicted octanol–water partition coefficient (Wildman–Crippen LogP) is 6.30. The Labute approximate surface area is 199 Å². The number of ether oxygens (including phenoxy) is 1. The Balaban J connectivity index is 1.49. The first-order chi connectivity index (χ1) is 16.7. The number of benzene rings is 3. The number of hydrogen-bond donors (Lipinski definition) is 0. The lowest BCUT2D eigenvalue weighted by Crippen LogP contribution is -2.36. The summed E-state index contributed by atoms with van der Waals surface area (Å²) in [5.41, 5.74) is 3.12. The number of rotatable bonds is 4. The molecule has 0 N–H and O–H groups in total. The maximum Gasteiger partial charge on any atom is 0.241 e. The van der Waals surface area contributed by atoms with E-state index in [2.05, 4.69) is 9.97 Å². The number of anilines is 1. The second-order valence-electron chi connectivity index (χ2n) is 8.00. The van der Waals surface area contributed by atoms with Gasteiger partial charge in [0, 0.05) is 23.5 Å². The number of amides is 1. The van der Waals surface area contributed by atoms with Crippen molar-refractivity contribution < 1.29 is 13.9 Å². The van der Waals surface area contributed by atoms with Crippen molar-refractivity contribution in [2.75, 3.05) is 4.90 Å². The van der Waals surface area contributed by atoms with Gasteiger partial charge in [-0.15, -0.1) is 0 Å². The highest BCUT2D eigenvalue weighted by Crippen LogP contribution is 2.45. The van der Waals surface area contributed by atoms with Crippen LogP contribution in [0.4, 0.5) is 9.52 Å². The van der Waals surface area contributed by atoms with Gasteiger partial charge in [-0.1, -0.05) is 53.8 Å². The van der Waals surface area contributed by atoms with Crippen LogP contribution in [0.15, 0.2) is 91.3 Å². The third-order valence-corrected chi connectivity index (χ3v) is 6.87. The van der Waals surface area contributed by atoms with Crippen LogP contribution in [0.5, 0.6) is 11.5 Å². The number of halogens is 1. The van der Waals surface area contributed by atoms with Crippen molar-refractivity contribution in [2.24, 2.45) is 0 Å². The molecule has 3 heterocycles. The summed E-state index contributed by atoms with van der Waals surface area (Å²) < 4.78 is 20.6. The quantitative estimate of drug-likeness (QED) is 0.311. The zero-order valence-corrected chi connectivity index (χ0v) is 18.7. The lowest BCUT2D eigenvalue weighted by molar-refractivity contribution is -0.119. The van der Waals surface area contributed by atoms with Gasteiger partial charge in [0.05, 0.1) is 22.7 Å². The van der Waals surface area contributed by atoms with E-state index in [0.29, 0.717) is 26.8 Å². The molecule has 0 saturated heterocycles. The van der Waals surface area contributed by atoms with Crippen LogP contribution in [0.3, 0.4) is 0 Å². The number of nitrogens with zero attached hydrogens (tertiary/aromatic N) is 3. The maximum absolute atomic E-state index is 14.3. The molecule has 2 aromatic heterocycles. The molecule has 0 radical (unpaired) electrons. The van der Waals surface area contributed by atoms with E-state index in [1.807, 2.05) is 60.7 Å². The van der Waals surface area contributed by atoms with E-state index >= 15 is 0 Å². The molecule has 7 heteroatoms. The summed E-state index contributed by atoms with van der Waals surface area (Å²) in [7, 11) is 0. The average molecular weight is 468 g/mol. The third kappa shape index (κ3) is 3.60. The summed E-state index contributed by atoms with van der Waals surface area (Å²) in [4.78, 5) is 24.9. The van der Waals surface area contributed by atoms with Gasteiger partial charge in [-0.2, -0.15) is 0 Å². The molecular formula is C27H18FN3O2S. The van der Waals surface area contributed by atoms with Crippen LogP contribution in [0.1, 0.15) is 22.6 Å². The minimum Gasteiger partial charge on any atom is -0.457 e. The highest BCUT2D eigenvalue weighted by Gasteiger charge is 2.36. The normalized spacial score (nSPS) is 12.6. The molecule has 1 aliphatic heterocycles. The van der Waals surface area contributed by atoms with Gasteiger partial charge in [-0.05, 0) is 42.0 Å². The number of pyridine rings is 1. The number of carbonyl (C=O) groups excluding carboxylic acids is 1. The van der Waals surface area contributed by atoms with Gasteiger partial charge in [-0.25, -0.2) is 9.37 Å². The van der Waals surface area contributed by atoms with Gasteiger partial charge in [0.1, 0.15) is 17.3 Å². The summed E-state index contributed by atoms with van der Waals surface area (Å²) in [6.45, 7) is 0.288. The van der Waals surface area contributed by atoms with Gasteiger partial charge in [0.25, 0.3) is 0 Å². The van der Waals surface area contributed by atoms with Crippen molar-refractivity contribution in [3.8, 4) is 11.5 Å². The first-order valence-corrected chi connectivity index (χ1v) is 11.6. The minimum atomic E-state index is -0.568. The van der Waals surface area contributed by atoms with Crippen molar-refractivity contribution >= 4 is 32.6 Å². The van der Waals surface area contributed by atoms with Gasteiger partial charge in [-0.3, -0.25) is 14.7 Å². The average Bonchev–Trinajstić information content (AvgIpc) is 3.29. The molecular weight excluding hydrogens is 449 g/mol. The summed E-state index contributed by atoms with van der Waals surface area (Å²) >= 11 is 1.30. The SMILES string of the molecule is O=C(C1c2ccccc2Oc2ccccc21)N(Cc1cccnc1)c1nc2ccc(F)cc2s1. The van der Waals surface area contributed by atoms with E-state index < -0.39 is 5.92 Å².